The van der Waals surface area contributed by atoms with Crippen LogP contribution in [0.15, 0.2) is 65.5 Å². The van der Waals surface area contributed by atoms with Gasteiger partial charge >= 0.3 is 0 Å². The lowest BCUT2D eigenvalue weighted by molar-refractivity contribution is 0.355. The van der Waals surface area contributed by atoms with Crippen molar-refractivity contribution in [3.8, 4) is 23.0 Å². The summed E-state index contributed by atoms with van der Waals surface area (Å²) in [7, 11) is 3.22. The van der Waals surface area contributed by atoms with Crippen molar-refractivity contribution in [2.45, 2.75) is 4.21 Å². The molecular formula is C25H21N3O3S3. The van der Waals surface area contributed by atoms with Gasteiger partial charge in [0.1, 0.15) is 11.5 Å². The molecule has 0 bridgehead atoms. The van der Waals surface area contributed by atoms with E-state index in [-0.39, 0.29) is 0 Å². The maximum Gasteiger partial charge on any atom is 0.188 e. The van der Waals surface area contributed by atoms with E-state index in [9.17, 15) is 0 Å². The van der Waals surface area contributed by atoms with E-state index in [0.29, 0.717) is 23.0 Å². The summed E-state index contributed by atoms with van der Waals surface area (Å²) in [5.41, 5.74) is 2.50. The van der Waals surface area contributed by atoms with Gasteiger partial charge in [0.25, 0.3) is 0 Å². The van der Waals surface area contributed by atoms with Crippen molar-refractivity contribution >= 4 is 66.4 Å². The Morgan fingerprint density at radius 2 is 1.76 bits per heavy atom. The second-order valence-corrected chi connectivity index (χ2v) is 10.4. The molecule has 1 N–H and O–H groups in total. The van der Waals surface area contributed by atoms with E-state index >= 15 is 0 Å². The predicted molar refractivity (Wildman–Crippen MR) is 143 cm³/mol. The molecule has 0 aliphatic heterocycles. The third-order valence-corrected chi connectivity index (χ3v) is 8.29. The molecule has 0 saturated heterocycles. The summed E-state index contributed by atoms with van der Waals surface area (Å²) in [5, 5.41) is 4.97. The van der Waals surface area contributed by atoms with Crippen molar-refractivity contribution in [3.63, 3.8) is 0 Å². The van der Waals surface area contributed by atoms with E-state index < -0.39 is 0 Å². The first-order chi connectivity index (χ1) is 16.6. The summed E-state index contributed by atoms with van der Waals surface area (Å²) in [6, 6.07) is 15.6. The van der Waals surface area contributed by atoms with Gasteiger partial charge in [-0.1, -0.05) is 17.9 Å². The Balaban J connectivity index is 1.41. The van der Waals surface area contributed by atoms with Crippen molar-refractivity contribution in [2.24, 2.45) is 0 Å². The summed E-state index contributed by atoms with van der Waals surface area (Å²) in [6.45, 7) is 4.17. The van der Waals surface area contributed by atoms with Crippen LogP contribution < -0.4 is 19.5 Å². The molecule has 3 heterocycles. The first kappa shape index (κ1) is 22.5. The van der Waals surface area contributed by atoms with Crippen LogP contribution in [0.1, 0.15) is 4.88 Å². The zero-order chi connectivity index (χ0) is 23.7. The van der Waals surface area contributed by atoms with Crippen LogP contribution in [0.5, 0.6) is 23.0 Å². The summed E-state index contributed by atoms with van der Waals surface area (Å²) < 4.78 is 19.4. The number of fused-ring (bicyclic) bond motifs is 2. The van der Waals surface area contributed by atoms with Gasteiger partial charge < -0.3 is 19.5 Å². The summed E-state index contributed by atoms with van der Waals surface area (Å²) >= 11 is 5.00. The maximum absolute atomic E-state index is 6.25. The Morgan fingerprint density at radius 3 is 2.53 bits per heavy atom. The Kier molecular flexibility index (Phi) is 6.32. The number of nitrogens with one attached hydrogen (secondary N) is 1. The minimum Gasteiger partial charge on any atom is -0.493 e. The smallest absolute Gasteiger partial charge is 0.188 e. The molecule has 9 heteroatoms. The molecule has 0 atom stereocenters. The number of pyridine rings is 1. The first-order valence-electron chi connectivity index (χ1n) is 10.3. The monoisotopic (exact) mass is 507 g/mol. The van der Waals surface area contributed by atoms with Gasteiger partial charge in [-0.3, -0.25) is 4.98 Å². The zero-order valence-electron chi connectivity index (χ0n) is 18.7. The number of thiophene rings is 1. The molecule has 0 aliphatic rings. The molecule has 2 aromatic carbocycles. The molecule has 0 aliphatic carbocycles. The SMILES string of the molecule is C=C(Nc1nc2ccc(Oc3ccnc4cc(OC)c(OC)cc34)cc2s1)c1ccc(SC)s1. The summed E-state index contributed by atoms with van der Waals surface area (Å²) in [5.74, 6) is 2.65. The van der Waals surface area contributed by atoms with E-state index in [0.717, 1.165) is 36.8 Å². The molecule has 0 amide bonds. The van der Waals surface area contributed by atoms with E-state index in [1.165, 1.54) is 4.21 Å². The third-order valence-electron chi connectivity index (χ3n) is 5.13. The van der Waals surface area contributed by atoms with Gasteiger partial charge in [-0.25, -0.2) is 4.98 Å². The fourth-order valence-electron chi connectivity index (χ4n) is 3.47. The first-order valence-corrected chi connectivity index (χ1v) is 13.1. The average molecular weight is 508 g/mol. The Morgan fingerprint density at radius 1 is 0.941 bits per heavy atom. The van der Waals surface area contributed by atoms with Crippen LogP contribution in [0, 0.1) is 0 Å². The average Bonchev–Trinajstić information content (AvgIpc) is 3.49. The molecule has 0 fully saturated rings. The number of thioether (sulfide) groups is 1. The second kappa shape index (κ2) is 9.54. The van der Waals surface area contributed by atoms with Gasteiger partial charge in [0.05, 0.1) is 44.7 Å². The number of hydrogen-bond acceptors (Lipinski definition) is 9. The lowest BCUT2D eigenvalue weighted by atomic mass is 10.2. The highest BCUT2D eigenvalue weighted by Gasteiger charge is 2.13. The van der Waals surface area contributed by atoms with Gasteiger partial charge in [0.2, 0.25) is 0 Å². The van der Waals surface area contributed by atoms with Crippen molar-refractivity contribution in [1.82, 2.24) is 9.97 Å². The van der Waals surface area contributed by atoms with Gasteiger partial charge in [-0.15, -0.1) is 23.1 Å². The van der Waals surface area contributed by atoms with Gasteiger partial charge in [-0.2, -0.15) is 0 Å². The number of benzene rings is 2. The fourth-order valence-corrected chi connectivity index (χ4v) is 5.86. The van der Waals surface area contributed by atoms with Crippen LogP contribution in [0.2, 0.25) is 0 Å². The number of hydrogen-bond donors (Lipinski definition) is 1. The predicted octanol–water partition coefficient (Wildman–Crippen LogP) is 7.52. The molecule has 5 rings (SSSR count). The third kappa shape index (κ3) is 4.42. The lowest BCUT2D eigenvalue weighted by Crippen LogP contribution is -1.94. The molecule has 3 aromatic heterocycles. The van der Waals surface area contributed by atoms with E-state index in [1.54, 1.807) is 54.9 Å². The van der Waals surface area contributed by atoms with Crippen LogP contribution in [0.25, 0.3) is 26.8 Å². The molecule has 172 valence electrons. The van der Waals surface area contributed by atoms with Gasteiger partial charge in [-0.05, 0) is 42.7 Å². The fraction of sp³-hybridized carbons (Fsp3) is 0.120. The summed E-state index contributed by atoms with van der Waals surface area (Å²) in [4.78, 5) is 10.2. The second-order valence-electron chi connectivity index (χ2n) is 7.21. The Bertz CT molecular complexity index is 1510. The Hall–Kier alpha value is -3.27. The highest BCUT2D eigenvalue weighted by Crippen LogP contribution is 2.38. The van der Waals surface area contributed by atoms with E-state index in [1.807, 2.05) is 36.4 Å². The van der Waals surface area contributed by atoms with E-state index in [4.69, 9.17) is 19.2 Å². The number of methoxy groups -OCH3 is 2. The van der Waals surface area contributed by atoms with Crippen LogP contribution in [0.3, 0.4) is 0 Å². The number of thiazole rings is 1. The highest BCUT2D eigenvalue weighted by molar-refractivity contribution is 8.00. The quantitative estimate of drug-likeness (QED) is 0.218. The normalized spacial score (nSPS) is 11.0. The van der Waals surface area contributed by atoms with Crippen LogP contribution in [-0.4, -0.2) is 30.4 Å². The Labute approximate surface area is 209 Å². The summed E-state index contributed by atoms with van der Waals surface area (Å²) in [6.07, 6.45) is 3.79. The number of rotatable bonds is 8. The molecule has 0 spiro atoms. The maximum atomic E-state index is 6.25. The minimum absolute atomic E-state index is 0.622. The number of nitrogens with zero attached hydrogens (tertiary/aromatic N) is 2. The molecule has 0 radical (unpaired) electrons. The van der Waals surface area contributed by atoms with Crippen LogP contribution in [-0.2, 0) is 0 Å². The zero-order valence-corrected chi connectivity index (χ0v) is 21.2. The largest absolute Gasteiger partial charge is 0.493 e. The standard InChI is InChI=1S/C25H21N3O3S3/c1-14(22-7-8-24(32-4)33-22)27-25-28-17-6-5-15(11-23(17)34-25)31-19-9-10-26-18-13-21(30-3)20(29-2)12-16(18)19/h5-13H,1H2,2-4H3,(H,27,28). The molecule has 5 aromatic rings. The van der Waals surface area contributed by atoms with E-state index in [2.05, 4.69) is 35.3 Å². The molecule has 6 nitrogen and oxygen atoms in total. The topological polar surface area (TPSA) is 65.5 Å². The van der Waals surface area contributed by atoms with Gasteiger partial charge in [0, 0.05) is 23.7 Å². The number of anilines is 1. The molecular weight excluding hydrogens is 486 g/mol. The van der Waals surface area contributed by atoms with Crippen molar-refractivity contribution in [2.75, 3.05) is 25.8 Å². The van der Waals surface area contributed by atoms with Crippen molar-refractivity contribution in [1.29, 1.82) is 0 Å². The highest BCUT2D eigenvalue weighted by atomic mass is 32.2. The van der Waals surface area contributed by atoms with Gasteiger partial charge in [0.15, 0.2) is 16.6 Å². The van der Waals surface area contributed by atoms with Crippen molar-refractivity contribution < 1.29 is 14.2 Å². The van der Waals surface area contributed by atoms with Crippen LogP contribution in [0.4, 0.5) is 5.13 Å². The molecule has 0 saturated carbocycles. The van der Waals surface area contributed by atoms with Crippen LogP contribution >= 0.6 is 34.4 Å². The van der Waals surface area contributed by atoms with Crippen molar-refractivity contribution in [3.05, 3.63) is 66.2 Å². The minimum atomic E-state index is 0.622. The molecule has 0 unspecified atom stereocenters. The molecule has 34 heavy (non-hydrogen) atoms. The number of aromatic nitrogens is 2. The lowest BCUT2D eigenvalue weighted by Gasteiger charge is -2.12. The number of ether oxygens (including phenoxy) is 3.